The number of aliphatic carboxylic acids is 2. The number of aliphatic hydroxyl groups is 1. The van der Waals surface area contributed by atoms with Gasteiger partial charge in [-0.1, -0.05) is 0 Å². The average molecular weight is 402 g/mol. The van der Waals surface area contributed by atoms with Crippen molar-refractivity contribution in [3.8, 4) is 0 Å². The van der Waals surface area contributed by atoms with Crippen LogP contribution in [-0.4, -0.2) is 86.7 Å². The van der Waals surface area contributed by atoms with Crippen molar-refractivity contribution < 1.29 is 39.3 Å². The van der Waals surface area contributed by atoms with Crippen LogP contribution < -0.4 is 16.4 Å². The molecule has 1 aliphatic heterocycles. The fourth-order valence-corrected chi connectivity index (χ4v) is 2.75. The van der Waals surface area contributed by atoms with E-state index in [1.165, 1.54) is 13.8 Å². The first-order chi connectivity index (χ1) is 13.0. The quantitative estimate of drug-likeness (QED) is 0.236. The Bertz CT molecular complexity index is 638. The van der Waals surface area contributed by atoms with Crippen molar-refractivity contribution in [1.29, 1.82) is 0 Å². The molecule has 0 saturated carbocycles. The summed E-state index contributed by atoms with van der Waals surface area (Å²) in [5.41, 5.74) is 5.46. The Kier molecular flexibility index (Phi) is 8.32. The van der Waals surface area contributed by atoms with Crippen LogP contribution in [0.4, 0.5) is 0 Å². The zero-order valence-corrected chi connectivity index (χ0v) is 15.6. The minimum atomic E-state index is -1.49. The fraction of sp³-hybridized carbons (Fsp3) is 0.688. The van der Waals surface area contributed by atoms with Gasteiger partial charge in [-0.15, -0.1) is 0 Å². The van der Waals surface area contributed by atoms with Crippen molar-refractivity contribution in [2.45, 2.75) is 63.4 Å². The van der Waals surface area contributed by atoms with Gasteiger partial charge >= 0.3 is 11.9 Å². The molecule has 5 atom stereocenters. The molecule has 0 spiro atoms. The highest BCUT2D eigenvalue weighted by molar-refractivity contribution is 5.95. The lowest BCUT2D eigenvalue weighted by Crippen LogP contribution is -2.57. The Balaban J connectivity index is 2.83. The molecule has 0 aliphatic carbocycles. The third-order valence-corrected chi connectivity index (χ3v) is 4.39. The summed E-state index contributed by atoms with van der Waals surface area (Å²) in [6, 6.07) is -5.01. The summed E-state index contributed by atoms with van der Waals surface area (Å²) >= 11 is 0. The molecule has 5 unspecified atom stereocenters. The lowest BCUT2D eigenvalue weighted by atomic mass is 10.1. The van der Waals surface area contributed by atoms with E-state index in [1.807, 2.05) is 0 Å². The van der Waals surface area contributed by atoms with Crippen LogP contribution in [0.1, 0.15) is 33.1 Å². The molecule has 12 nitrogen and oxygen atoms in total. The maximum atomic E-state index is 12.6. The van der Waals surface area contributed by atoms with E-state index in [0.29, 0.717) is 6.42 Å². The van der Waals surface area contributed by atoms with Gasteiger partial charge in [-0.25, -0.2) is 4.79 Å². The molecule has 28 heavy (non-hydrogen) atoms. The first-order valence-electron chi connectivity index (χ1n) is 8.75. The fourth-order valence-electron chi connectivity index (χ4n) is 2.75. The van der Waals surface area contributed by atoms with Crippen molar-refractivity contribution in [2.75, 3.05) is 6.54 Å². The summed E-state index contributed by atoms with van der Waals surface area (Å²) in [4.78, 5) is 60.1. The van der Waals surface area contributed by atoms with Crippen molar-refractivity contribution in [1.82, 2.24) is 15.5 Å². The highest BCUT2D eigenvalue weighted by Gasteiger charge is 2.38. The summed E-state index contributed by atoms with van der Waals surface area (Å²) in [5.74, 6) is -5.04. The Hall–Kier alpha value is -2.73. The molecule has 1 aliphatic rings. The highest BCUT2D eigenvalue weighted by Crippen LogP contribution is 2.19. The number of hydrogen-bond donors (Lipinski definition) is 6. The van der Waals surface area contributed by atoms with Crippen molar-refractivity contribution in [3.63, 3.8) is 0 Å². The third-order valence-electron chi connectivity index (χ3n) is 4.39. The van der Waals surface area contributed by atoms with E-state index in [2.05, 4.69) is 10.6 Å². The van der Waals surface area contributed by atoms with Gasteiger partial charge in [0.15, 0.2) is 0 Å². The van der Waals surface area contributed by atoms with Gasteiger partial charge in [-0.2, -0.15) is 0 Å². The first kappa shape index (κ1) is 23.3. The second-order valence-electron chi connectivity index (χ2n) is 6.68. The van der Waals surface area contributed by atoms with Gasteiger partial charge in [-0.3, -0.25) is 19.2 Å². The Morgan fingerprint density at radius 2 is 1.71 bits per heavy atom. The molecular weight excluding hydrogens is 376 g/mol. The van der Waals surface area contributed by atoms with Gasteiger partial charge in [0.25, 0.3) is 0 Å². The Morgan fingerprint density at radius 3 is 2.21 bits per heavy atom. The van der Waals surface area contributed by atoms with Crippen molar-refractivity contribution >= 4 is 29.7 Å². The Labute approximate surface area is 161 Å². The molecule has 1 rings (SSSR count). The standard InChI is InChI=1S/C16H26N4O8/c1-7(18-14(25)12(17)8(2)21)13(24)19-9(6-11(22)23)15(26)20-5-3-4-10(20)16(27)28/h7-10,12,21H,3-6,17H2,1-2H3,(H,18,25)(H,19,24)(H,22,23)(H,27,28). The third kappa shape index (κ3) is 6.16. The maximum absolute atomic E-state index is 12.6. The van der Waals surface area contributed by atoms with Crippen LogP contribution >= 0.6 is 0 Å². The monoisotopic (exact) mass is 402 g/mol. The second-order valence-corrected chi connectivity index (χ2v) is 6.68. The highest BCUT2D eigenvalue weighted by atomic mass is 16.4. The van der Waals surface area contributed by atoms with Crippen molar-refractivity contribution in [2.24, 2.45) is 5.73 Å². The zero-order chi connectivity index (χ0) is 21.6. The molecular formula is C16H26N4O8. The van der Waals surface area contributed by atoms with E-state index in [4.69, 9.17) is 10.8 Å². The summed E-state index contributed by atoms with van der Waals surface area (Å²) in [6.07, 6.45) is -1.22. The van der Waals surface area contributed by atoms with Gasteiger partial charge < -0.3 is 36.6 Å². The van der Waals surface area contributed by atoms with Crippen LogP contribution in [0.5, 0.6) is 0 Å². The molecule has 1 fully saturated rings. The summed E-state index contributed by atoms with van der Waals surface area (Å²) in [7, 11) is 0. The van der Waals surface area contributed by atoms with Crippen LogP contribution in [0.25, 0.3) is 0 Å². The number of nitrogens with one attached hydrogen (secondary N) is 2. The van der Waals surface area contributed by atoms with Crippen LogP contribution in [0.2, 0.25) is 0 Å². The number of nitrogens with zero attached hydrogens (tertiary/aromatic N) is 1. The number of carboxylic acids is 2. The molecule has 12 heteroatoms. The summed E-state index contributed by atoms with van der Waals surface area (Å²) in [6.45, 7) is 2.73. The van der Waals surface area contributed by atoms with E-state index in [9.17, 15) is 34.2 Å². The number of carboxylic acid groups (broad SMARTS) is 2. The molecule has 0 aromatic carbocycles. The topological polar surface area (TPSA) is 199 Å². The SMILES string of the molecule is CC(NC(=O)C(N)C(C)O)C(=O)NC(CC(=O)O)C(=O)N1CCCC1C(=O)O. The second kappa shape index (κ2) is 9.99. The number of carbonyl (C=O) groups excluding carboxylic acids is 3. The molecule has 0 bridgehead atoms. The average Bonchev–Trinajstić information content (AvgIpc) is 3.08. The molecule has 1 heterocycles. The van der Waals surface area contributed by atoms with Gasteiger partial charge in [0.1, 0.15) is 24.2 Å². The van der Waals surface area contributed by atoms with Crippen LogP contribution in [0, 0.1) is 0 Å². The smallest absolute Gasteiger partial charge is 0.326 e. The lowest BCUT2D eigenvalue weighted by molar-refractivity contribution is -0.150. The number of likely N-dealkylation sites (tertiary alicyclic amines) is 1. The molecule has 1 saturated heterocycles. The van der Waals surface area contributed by atoms with Crippen LogP contribution in [0.3, 0.4) is 0 Å². The minimum Gasteiger partial charge on any atom is -0.481 e. The van der Waals surface area contributed by atoms with E-state index >= 15 is 0 Å². The molecule has 0 radical (unpaired) electrons. The molecule has 158 valence electrons. The van der Waals surface area contributed by atoms with Crippen molar-refractivity contribution in [3.05, 3.63) is 0 Å². The number of amides is 3. The predicted molar refractivity (Wildman–Crippen MR) is 93.8 cm³/mol. The first-order valence-corrected chi connectivity index (χ1v) is 8.75. The molecule has 7 N–H and O–H groups in total. The van der Waals surface area contributed by atoms with Gasteiger partial charge in [0, 0.05) is 6.54 Å². The summed E-state index contributed by atoms with van der Waals surface area (Å²) in [5, 5.41) is 32.0. The number of carbonyl (C=O) groups is 5. The zero-order valence-electron chi connectivity index (χ0n) is 15.6. The van der Waals surface area contributed by atoms with Crippen LogP contribution in [0.15, 0.2) is 0 Å². The largest absolute Gasteiger partial charge is 0.481 e. The van der Waals surface area contributed by atoms with Gasteiger partial charge in [0.05, 0.1) is 12.5 Å². The minimum absolute atomic E-state index is 0.136. The van der Waals surface area contributed by atoms with E-state index < -0.39 is 66.4 Å². The summed E-state index contributed by atoms with van der Waals surface area (Å²) < 4.78 is 0. The van der Waals surface area contributed by atoms with E-state index in [0.717, 1.165) is 4.90 Å². The number of aliphatic hydroxyl groups excluding tert-OH is 1. The molecule has 0 aromatic heterocycles. The molecule has 3 amide bonds. The van der Waals surface area contributed by atoms with E-state index in [-0.39, 0.29) is 13.0 Å². The normalized spacial score (nSPS) is 20.6. The maximum Gasteiger partial charge on any atom is 0.326 e. The predicted octanol–water partition coefficient (Wildman–Crippen LogP) is -2.77. The van der Waals surface area contributed by atoms with Crippen LogP contribution in [-0.2, 0) is 24.0 Å². The number of hydrogen-bond acceptors (Lipinski definition) is 7. The Morgan fingerprint density at radius 1 is 1.11 bits per heavy atom. The number of rotatable bonds is 9. The van der Waals surface area contributed by atoms with E-state index in [1.54, 1.807) is 0 Å². The number of nitrogens with two attached hydrogens (primary N) is 1. The molecule has 0 aromatic rings. The van der Waals surface area contributed by atoms with Gasteiger partial charge in [0.2, 0.25) is 17.7 Å². The lowest BCUT2D eigenvalue weighted by Gasteiger charge is -2.27. The van der Waals surface area contributed by atoms with Gasteiger partial charge in [-0.05, 0) is 26.7 Å².